The maximum Gasteiger partial charge on any atom is 0.505 e. The number of ether oxygens (including phenoxy) is 1. The lowest BCUT2D eigenvalue weighted by atomic mass is 10.2. The fourth-order valence-corrected chi connectivity index (χ4v) is 10.0. The Bertz CT molecular complexity index is 715. The van der Waals surface area contributed by atoms with E-state index >= 15 is 0 Å². The van der Waals surface area contributed by atoms with Crippen LogP contribution < -0.4 is 4.90 Å². The molecule has 0 heterocycles. The van der Waals surface area contributed by atoms with Crippen molar-refractivity contribution in [3.05, 3.63) is 29.8 Å². The molecule has 9 nitrogen and oxygen atoms in total. The van der Waals surface area contributed by atoms with E-state index in [-0.39, 0.29) is 17.1 Å². The van der Waals surface area contributed by atoms with E-state index in [2.05, 4.69) is 18.7 Å². The molecule has 0 N–H and O–H groups in total. The molecule has 0 aliphatic heterocycles. The fraction of sp³-hybridized carbons (Fsp3) is 0.741. The number of nitrogens with zero attached hydrogens (tertiary/aromatic N) is 1. The summed E-state index contributed by atoms with van der Waals surface area (Å²) in [7, 11) is -5.95. The van der Waals surface area contributed by atoms with Crippen molar-refractivity contribution in [2.45, 2.75) is 73.4 Å². The predicted octanol–water partition coefficient (Wildman–Crippen LogP) is 5.55. The van der Waals surface area contributed by atoms with Crippen molar-refractivity contribution in [1.29, 1.82) is 0 Å². The zero-order chi connectivity index (χ0) is 28.6. The van der Waals surface area contributed by atoms with Crippen molar-refractivity contribution in [2.24, 2.45) is 0 Å². The Balaban J connectivity index is 3.45. The standard InChI is InChI=1S/C27H51NO8Si2/c1-10-30-27(29)25-17-19-26(20-18-25)28(21-23(8)37(31-11-2,32-12-3)33-13-4)22-24(9)38(34-14-5,35-15-6)36-16-7/h17-20,23-24H,10-16,21-22H2,1-9H3. The zero-order valence-electron chi connectivity index (χ0n) is 25.0. The number of benzene rings is 1. The van der Waals surface area contributed by atoms with Gasteiger partial charge in [0.2, 0.25) is 0 Å². The van der Waals surface area contributed by atoms with Crippen molar-refractivity contribution in [2.75, 3.05) is 64.2 Å². The summed E-state index contributed by atoms with van der Waals surface area (Å²) in [6.07, 6.45) is 0. The summed E-state index contributed by atoms with van der Waals surface area (Å²) >= 11 is 0. The van der Waals surface area contributed by atoms with Gasteiger partial charge in [0.05, 0.1) is 12.2 Å². The van der Waals surface area contributed by atoms with Gasteiger partial charge in [-0.15, -0.1) is 0 Å². The Morgan fingerprint density at radius 2 is 0.974 bits per heavy atom. The Morgan fingerprint density at radius 3 is 1.26 bits per heavy atom. The van der Waals surface area contributed by atoms with Crippen LogP contribution >= 0.6 is 0 Å². The average Bonchev–Trinajstić information content (AvgIpc) is 2.89. The number of rotatable bonds is 21. The van der Waals surface area contributed by atoms with E-state index in [0.717, 1.165) is 5.69 Å². The van der Waals surface area contributed by atoms with E-state index in [1.807, 2.05) is 53.7 Å². The second-order valence-electron chi connectivity index (χ2n) is 8.78. The summed E-state index contributed by atoms with van der Waals surface area (Å²) in [5, 5.41) is 0. The number of carbonyl (C=O) groups is 1. The molecule has 2 atom stereocenters. The van der Waals surface area contributed by atoms with Crippen LogP contribution in [0, 0.1) is 0 Å². The molecule has 0 radical (unpaired) electrons. The van der Waals surface area contributed by atoms with Gasteiger partial charge in [0, 0.05) is 69.5 Å². The normalized spacial score (nSPS) is 13.8. The highest BCUT2D eigenvalue weighted by Crippen LogP contribution is 2.33. The summed E-state index contributed by atoms with van der Waals surface area (Å²) in [5.74, 6) is -0.335. The first kappa shape index (κ1) is 34.7. The van der Waals surface area contributed by atoms with Crippen molar-refractivity contribution < 1.29 is 36.1 Å². The van der Waals surface area contributed by atoms with Gasteiger partial charge in [-0.2, -0.15) is 0 Å². The molecule has 220 valence electrons. The average molecular weight is 574 g/mol. The third kappa shape index (κ3) is 9.70. The molecule has 0 aliphatic rings. The third-order valence-corrected chi connectivity index (χ3v) is 12.9. The highest BCUT2D eigenvalue weighted by molar-refractivity contribution is 6.63. The first-order chi connectivity index (χ1) is 18.2. The molecule has 0 aromatic heterocycles. The fourth-order valence-electron chi connectivity index (χ4n) is 4.50. The van der Waals surface area contributed by atoms with Crippen LogP contribution in [-0.4, -0.2) is 82.9 Å². The maximum absolute atomic E-state index is 12.3. The van der Waals surface area contributed by atoms with Crippen LogP contribution in [0.5, 0.6) is 0 Å². The Morgan fingerprint density at radius 1 is 0.632 bits per heavy atom. The van der Waals surface area contributed by atoms with E-state index in [1.54, 1.807) is 19.1 Å². The SMILES string of the molecule is CCOC(=O)c1ccc(N(CC(C)[Si](OCC)(OCC)OCC)CC(C)[Si](OCC)(OCC)OCC)cc1. The molecule has 0 amide bonds. The van der Waals surface area contributed by atoms with Gasteiger partial charge in [0.25, 0.3) is 0 Å². The van der Waals surface area contributed by atoms with E-state index in [9.17, 15) is 4.79 Å². The second kappa shape index (κ2) is 18.1. The minimum Gasteiger partial charge on any atom is -0.462 e. The van der Waals surface area contributed by atoms with Gasteiger partial charge in [0.1, 0.15) is 0 Å². The molecule has 1 aromatic rings. The molecular formula is C27H51NO8Si2. The van der Waals surface area contributed by atoms with Crippen molar-refractivity contribution in [3.8, 4) is 0 Å². The summed E-state index contributed by atoms with van der Waals surface area (Å²) in [6, 6.07) is 7.49. The second-order valence-corrected chi connectivity index (χ2v) is 14.9. The Kier molecular flexibility index (Phi) is 16.5. The monoisotopic (exact) mass is 573 g/mol. The molecule has 0 spiro atoms. The number of carbonyl (C=O) groups excluding carboxylic acids is 1. The van der Waals surface area contributed by atoms with Gasteiger partial charge in [-0.05, 0) is 72.7 Å². The van der Waals surface area contributed by atoms with Crippen LogP contribution in [0.1, 0.15) is 72.7 Å². The summed E-state index contributed by atoms with van der Waals surface area (Å²) in [6.45, 7) is 22.5. The molecular weight excluding hydrogens is 522 g/mol. The quantitative estimate of drug-likeness (QED) is 0.139. The van der Waals surface area contributed by atoms with Gasteiger partial charge < -0.3 is 36.2 Å². The van der Waals surface area contributed by atoms with E-state index in [1.165, 1.54) is 0 Å². The van der Waals surface area contributed by atoms with Crippen LogP contribution in [-0.2, 0) is 31.3 Å². The topological polar surface area (TPSA) is 84.9 Å². The molecule has 38 heavy (non-hydrogen) atoms. The van der Waals surface area contributed by atoms with Crippen LogP contribution in [0.25, 0.3) is 0 Å². The van der Waals surface area contributed by atoms with E-state index in [0.29, 0.717) is 64.9 Å². The molecule has 1 rings (SSSR count). The number of hydrogen-bond acceptors (Lipinski definition) is 9. The van der Waals surface area contributed by atoms with Crippen LogP contribution in [0.2, 0.25) is 11.1 Å². The zero-order valence-corrected chi connectivity index (χ0v) is 27.0. The van der Waals surface area contributed by atoms with E-state index in [4.69, 9.17) is 31.3 Å². The van der Waals surface area contributed by atoms with Gasteiger partial charge in [-0.1, -0.05) is 13.8 Å². The summed E-state index contributed by atoms with van der Waals surface area (Å²) < 4.78 is 42.5. The summed E-state index contributed by atoms with van der Waals surface area (Å²) in [5.41, 5.74) is 1.42. The molecule has 1 aromatic carbocycles. The minimum atomic E-state index is -2.97. The first-order valence-electron chi connectivity index (χ1n) is 14.1. The van der Waals surface area contributed by atoms with Crippen LogP contribution in [0.4, 0.5) is 5.69 Å². The third-order valence-electron chi connectivity index (χ3n) is 6.01. The Labute approximate surface area is 232 Å². The molecule has 2 unspecified atom stereocenters. The van der Waals surface area contributed by atoms with Gasteiger partial charge in [-0.3, -0.25) is 0 Å². The highest BCUT2D eigenvalue weighted by Gasteiger charge is 2.50. The molecule has 0 saturated carbocycles. The molecule has 0 saturated heterocycles. The number of hydrogen-bond donors (Lipinski definition) is 0. The number of anilines is 1. The predicted molar refractivity (Wildman–Crippen MR) is 155 cm³/mol. The smallest absolute Gasteiger partial charge is 0.462 e. The van der Waals surface area contributed by atoms with Gasteiger partial charge in [0.15, 0.2) is 0 Å². The minimum absolute atomic E-state index is 0.0263. The highest BCUT2D eigenvalue weighted by atomic mass is 28.4. The molecule has 0 bridgehead atoms. The largest absolute Gasteiger partial charge is 0.505 e. The number of esters is 1. The van der Waals surface area contributed by atoms with Crippen LogP contribution in [0.15, 0.2) is 24.3 Å². The van der Waals surface area contributed by atoms with Crippen molar-refractivity contribution in [3.63, 3.8) is 0 Å². The molecule has 0 aliphatic carbocycles. The van der Waals surface area contributed by atoms with Gasteiger partial charge in [-0.25, -0.2) is 4.79 Å². The van der Waals surface area contributed by atoms with Crippen molar-refractivity contribution >= 4 is 29.3 Å². The van der Waals surface area contributed by atoms with Gasteiger partial charge >= 0.3 is 23.6 Å². The first-order valence-corrected chi connectivity index (χ1v) is 17.7. The molecule has 11 heteroatoms. The lowest BCUT2D eigenvalue weighted by molar-refractivity contribution is 0.0525. The maximum atomic E-state index is 12.3. The summed E-state index contributed by atoms with van der Waals surface area (Å²) in [4.78, 5) is 14.5. The molecule has 0 fully saturated rings. The Hall–Kier alpha value is -1.32. The lowest BCUT2D eigenvalue weighted by Gasteiger charge is -2.40. The van der Waals surface area contributed by atoms with Crippen molar-refractivity contribution in [1.82, 2.24) is 0 Å². The van der Waals surface area contributed by atoms with E-state index < -0.39 is 17.6 Å². The van der Waals surface area contributed by atoms with Crippen LogP contribution in [0.3, 0.4) is 0 Å². The lowest BCUT2D eigenvalue weighted by Crippen LogP contribution is -2.55.